The number of aryl methyl sites for hydroxylation is 2. The molecule has 22 heavy (non-hydrogen) atoms. The molecular formula is C16H20BrN3O2. The molecule has 0 fully saturated rings. The summed E-state index contributed by atoms with van der Waals surface area (Å²) in [6.45, 7) is 6.44. The van der Waals surface area contributed by atoms with E-state index in [1.54, 1.807) is 0 Å². The molecule has 1 atom stereocenters. The largest absolute Gasteiger partial charge is 0.361 e. The van der Waals surface area contributed by atoms with Crippen LogP contribution in [0.25, 0.3) is 0 Å². The predicted molar refractivity (Wildman–Crippen MR) is 89.7 cm³/mol. The van der Waals surface area contributed by atoms with Gasteiger partial charge in [0.1, 0.15) is 5.76 Å². The van der Waals surface area contributed by atoms with E-state index >= 15 is 0 Å². The number of nitrogens with zero attached hydrogens (tertiary/aromatic N) is 1. The first kappa shape index (κ1) is 16.7. The van der Waals surface area contributed by atoms with Crippen molar-refractivity contribution >= 4 is 27.5 Å². The number of aromatic nitrogens is 1. The molecule has 1 aromatic carbocycles. The molecule has 1 amide bonds. The molecule has 118 valence electrons. The second-order valence-corrected chi connectivity index (χ2v) is 6.26. The lowest BCUT2D eigenvalue weighted by Gasteiger charge is -2.13. The van der Waals surface area contributed by atoms with Crippen LogP contribution >= 0.6 is 15.9 Å². The van der Waals surface area contributed by atoms with Crippen LogP contribution in [0.4, 0.5) is 5.69 Å². The first-order valence-electron chi connectivity index (χ1n) is 7.16. The minimum Gasteiger partial charge on any atom is -0.361 e. The maximum atomic E-state index is 12.0. The fraction of sp³-hybridized carbons (Fsp3) is 0.375. The molecule has 2 aromatic rings. The Hall–Kier alpha value is -1.66. The molecule has 2 N–H and O–H groups in total. The van der Waals surface area contributed by atoms with E-state index < -0.39 is 0 Å². The molecule has 0 saturated heterocycles. The van der Waals surface area contributed by atoms with Gasteiger partial charge < -0.3 is 15.2 Å². The van der Waals surface area contributed by atoms with Gasteiger partial charge in [-0.1, -0.05) is 21.1 Å². The highest BCUT2D eigenvalue weighted by atomic mass is 79.9. The van der Waals surface area contributed by atoms with Crippen molar-refractivity contribution in [3.8, 4) is 0 Å². The Morgan fingerprint density at radius 2 is 2.00 bits per heavy atom. The van der Waals surface area contributed by atoms with Gasteiger partial charge in [-0.15, -0.1) is 0 Å². The van der Waals surface area contributed by atoms with E-state index in [2.05, 4.69) is 31.7 Å². The number of nitrogens with one attached hydrogen (secondary N) is 2. The van der Waals surface area contributed by atoms with Gasteiger partial charge in [0.25, 0.3) is 0 Å². The normalized spacial score (nSPS) is 12.2. The number of carbonyl (C=O) groups excluding carboxylic acids is 1. The van der Waals surface area contributed by atoms with E-state index in [9.17, 15) is 4.79 Å². The zero-order valence-corrected chi connectivity index (χ0v) is 14.5. The minimum atomic E-state index is -0.0129. The van der Waals surface area contributed by atoms with Gasteiger partial charge in [0.05, 0.1) is 5.69 Å². The first-order chi connectivity index (χ1) is 10.5. The molecule has 0 aliphatic rings. The number of halogens is 1. The van der Waals surface area contributed by atoms with Gasteiger partial charge in [0, 0.05) is 34.7 Å². The number of carbonyl (C=O) groups is 1. The summed E-state index contributed by atoms with van der Waals surface area (Å²) >= 11 is 3.37. The summed E-state index contributed by atoms with van der Waals surface area (Å²) in [5.74, 6) is 0.803. The van der Waals surface area contributed by atoms with Gasteiger partial charge in [-0.25, -0.2) is 0 Å². The van der Waals surface area contributed by atoms with Gasteiger partial charge in [-0.05, 0) is 45.0 Å². The third kappa shape index (κ3) is 4.68. The lowest BCUT2D eigenvalue weighted by molar-refractivity contribution is -0.116. The highest BCUT2D eigenvalue weighted by molar-refractivity contribution is 9.10. The van der Waals surface area contributed by atoms with E-state index in [1.165, 1.54) is 0 Å². The lowest BCUT2D eigenvalue weighted by atomic mass is 10.1. The van der Waals surface area contributed by atoms with Crippen molar-refractivity contribution in [1.29, 1.82) is 0 Å². The standard InChI is InChI=1S/C16H20BrN3O2/c1-10(18-9-15-11(2)20-22-12(15)3)8-16(21)19-14-6-4-13(17)5-7-14/h4-7,10,18H,8-9H2,1-3H3,(H,19,21). The summed E-state index contributed by atoms with van der Waals surface area (Å²) in [5, 5.41) is 10.1. The van der Waals surface area contributed by atoms with Crippen molar-refractivity contribution in [3.05, 3.63) is 45.8 Å². The summed E-state index contributed by atoms with van der Waals surface area (Å²) in [4.78, 5) is 12.0. The van der Waals surface area contributed by atoms with Crippen molar-refractivity contribution in [1.82, 2.24) is 10.5 Å². The van der Waals surface area contributed by atoms with Crippen LogP contribution in [0.2, 0.25) is 0 Å². The lowest BCUT2D eigenvalue weighted by Crippen LogP contribution is -2.30. The molecule has 6 heteroatoms. The van der Waals surface area contributed by atoms with Crippen LogP contribution in [0.15, 0.2) is 33.3 Å². The van der Waals surface area contributed by atoms with Gasteiger partial charge in [0.2, 0.25) is 5.91 Å². The molecule has 0 aliphatic carbocycles. The van der Waals surface area contributed by atoms with Gasteiger partial charge in [-0.2, -0.15) is 0 Å². The van der Waals surface area contributed by atoms with Gasteiger partial charge in [0.15, 0.2) is 0 Å². The molecule has 1 aromatic heterocycles. The zero-order chi connectivity index (χ0) is 16.1. The number of hydrogen-bond acceptors (Lipinski definition) is 4. The van der Waals surface area contributed by atoms with Crippen LogP contribution in [0, 0.1) is 13.8 Å². The number of amides is 1. The average Bonchev–Trinajstić information content (AvgIpc) is 2.78. The second-order valence-electron chi connectivity index (χ2n) is 5.34. The molecule has 1 heterocycles. The molecule has 0 radical (unpaired) electrons. The van der Waals surface area contributed by atoms with Crippen LogP contribution in [0.3, 0.4) is 0 Å². The van der Waals surface area contributed by atoms with Gasteiger partial charge in [-0.3, -0.25) is 4.79 Å². The topological polar surface area (TPSA) is 67.2 Å². The Bertz CT molecular complexity index is 618. The molecule has 2 rings (SSSR count). The van der Waals surface area contributed by atoms with E-state index in [0.29, 0.717) is 13.0 Å². The van der Waals surface area contributed by atoms with Gasteiger partial charge >= 0.3 is 0 Å². The SMILES string of the molecule is Cc1noc(C)c1CNC(C)CC(=O)Nc1ccc(Br)cc1. The molecule has 0 aliphatic heterocycles. The Balaban J connectivity index is 1.80. The fourth-order valence-corrected chi connectivity index (χ4v) is 2.39. The van der Waals surface area contributed by atoms with Crippen LogP contribution in [-0.4, -0.2) is 17.1 Å². The van der Waals surface area contributed by atoms with E-state index in [1.807, 2.05) is 45.0 Å². The van der Waals surface area contributed by atoms with Crippen molar-refractivity contribution in [2.24, 2.45) is 0 Å². The summed E-state index contributed by atoms with van der Waals surface area (Å²) in [7, 11) is 0. The molecular weight excluding hydrogens is 346 g/mol. The van der Waals surface area contributed by atoms with Crippen LogP contribution in [0.1, 0.15) is 30.4 Å². The quantitative estimate of drug-likeness (QED) is 0.820. The number of benzene rings is 1. The van der Waals surface area contributed by atoms with E-state index in [4.69, 9.17) is 4.52 Å². The Morgan fingerprint density at radius 1 is 1.32 bits per heavy atom. The van der Waals surface area contributed by atoms with Crippen molar-refractivity contribution < 1.29 is 9.32 Å². The Kier molecular flexibility index (Phi) is 5.74. The van der Waals surface area contributed by atoms with Crippen LogP contribution < -0.4 is 10.6 Å². The third-order valence-corrected chi connectivity index (χ3v) is 3.96. The highest BCUT2D eigenvalue weighted by Crippen LogP contribution is 2.15. The average molecular weight is 366 g/mol. The third-order valence-electron chi connectivity index (χ3n) is 3.43. The molecule has 0 bridgehead atoms. The Morgan fingerprint density at radius 3 is 2.59 bits per heavy atom. The van der Waals surface area contributed by atoms with E-state index in [0.717, 1.165) is 27.2 Å². The number of anilines is 1. The summed E-state index contributed by atoms with van der Waals surface area (Å²) in [6.07, 6.45) is 0.402. The maximum absolute atomic E-state index is 12.0. The molecule has 0 saturated carbocycles. The summed E-state index contributed by atoms with van der Waals surface area (Å²) < 4.78 is 6.11. The fourth-order valence-electron chi connectivity index (χ4n) is 2.13. The highest BCUT2D eigenvalue weighted by Gasteiger charge is 2.12. The zero-order valence-electron chi connectivity index (χ0n) is 12.9. The number of hydrogen-bond donors (Lipinski definition) is 2. The predicted octanol–water partition coefficient (Wildman–Crippen LogP) is 3.56. The van der Waals surface area contributed by atoms with E-state index in [-0.39, 0.29) is 11.9 Å². The first-order valence-corrected chi connectivity index (χ1v) is 7.95. The molecule has 1 unspecified atom stereocenters. The maximum Gasteiger partial charge on any atom is 0.225 e. The molecule has 5 nitrogen and oxygen atoms in total. The van der Waals surface area contributed by atoms with Crippen molar-refractivity contribution in [2.75, 3.05) is 5.32 Å². The van der Waals surface area contributed by atoms with Crippen molar-refractivity contribution in [2.45, 2.75) is 39.8 Å². The van der Waals surface area contributed by atoms with Crippen molar-refractivity contribution in [3.63, 3.8) is 0 Å². The summed E-state index contributed by atoms with van der Waals surface area (Å²) in [6, 6.07) is 7.58. The smallest absolute Gasteiger partial charge is 0.225 e. The second kappa shape index (κ2) is 7.56. The minimum absolute atomic E-state index is 0.0129. The molecule has 0 spiro atoms. The number of rotatable bonds is 6. The van der Waals surface area contributed by atoms with Crippen LogP contribution in [0.5, 0.6) is 0 Å². The monoisotopic (exact) mass is 365 g/mol. The summed E-state index contributed by atoms with van der Waals surface area (Å²) in [5.41, 5.74) is 2.74. The van der Waals surface area contributed by atoms with Crippen LogP contribution in [-0.2, 0) is 11.3 Å². The Labute approximate surface area is 138 Å².